The number of nitrogens with one attached hydrogen (secondary N) is 1. The van der Waals surface area contributed by atoms with E-state index in [0.717, 1.165) is 31.8 Å². The Bertz CT molecular complexity index is 685. The van der Waals surface area contributed by atoms with Gasteiger partial charge in [-0.05, 0) is 12.1 Å². The number of aromatic amines is 1. The molecule has 0 radical (unpaired) electrons. The molecule has 1 atom stereocenters. The molecule has 26 heavy (non-hydrogen) atoms. The number of carboxylic acid groups (broad SMARTS) is 2. The number of morpholine rings is 1. The molecule has 2 aromatic rings. The number of aliphatic hydroxyl groups is 1. The van der Waals surface area contributed by atoms with E-state index in [4.69, 9.17) is 29.3 Å². The Morgan fingerprint density at radius 2 is 2.00 bits per heavy atom. The molecule has 142 valence electrons. The molecule has 2 aromatic heterocycles. The second kappa shape index (κ2) is 9.65. The summed E-state index contributed by atoms with van der Waals surface area (Å²) in [5, 5.41) is 24.8. The number of aliphatic hydroxyl groups excluding tert-OH is 1. The molecule has 3 rings (SSSR count). The summed E-state index contributed by atoms with van der Waals surface area (Å²) < 4.78 is 10.7. The Kier molecular flexibility index (Phi) is 7.26. The maximum absolute atomic E-state index is 9.97. The maximum atomic E-state index is 9.97. The number of rotatable bonds is 5. The van der Waals surface area contributed by atoms with Crippen LogP contribution in [0.3, 0.4) is 0 Å². The number of imidazole rings is 1. The van der Waals surface area contributed by atoms with Gasteiger partial charge in [-0.25, -0.2) is 14.6 Å². The van der Waals surface area contributed by atoms with E-state index in [1.54, 1.807) is 6.20 Å². The molecule has 0 spiro atoms. The zero-order valence-corrected chi connectivity index (χ0v) is 13.9. The van der Waals surface area contributed by atoms with Crippen LogP contribution < -0.4 is 4.74 Å². The third kappa shape index (κ3) is 6.27. The zero-order chi connectivity index (χ0) is 18.9. The fraction of sp³-hybridized carbons (Fsp3) is 0.467. The zero-order valence-electron chi connectivity index (χ0n) is 13.9. The van der Waals surface area contributed by atoms with E-state index < -0.39 is 18.0 Å². The topological polar surface area (TPSA) is 158 Å². The van der Waals surface area contributed by atoms with Gasteiger partial charge in [-0.3, -0.25) is 4.90 Å². The Morgan fingerprint density at radius 1 is 1.31 bits per heavy atom. The largest absolute Gasteiger partial charge is 0.473 e. The van der Waals surface area contributed by atoms with Crippen molar-refractivity contribution in [2.75, 3.05) is 39.5 Å². The van der Waals surface area contributed by atoms with Crippen LogP contribution in [-0.2, 0) is 14.3 Å². The van der Waals surface area contributed by atoms with Gasteiger partial charge in [-0.2, -0.15) is 4.98 Å². The fourth-order valence-electron chi connectivity index (χ4n) is 2.20. The van der Waals surface area contributed by atoms with Crippen LogP contribution >= 0.6 is 0 Å². The molecule has 1 fully saturated rings. The van der Waals surface area contributed by atoms with Crippen LogP contribution in [0.1, 0.15) is 0 Å². The lowest BCUT2D eigenvalue weighted by Crippen LogP contribution is -2.42. The molecule has 1 saturated heterocycles. The van der Waals surface area contributed by atoms with Crippen LogP contribution in [0.25, 0.3) is 11.2 Å². The SMILES string of the molecule is O=C(O)C(=O)O.OC(COc1nc2ncccc2[nH]1)CN1CCOCC1. The molecule has 1 aliphatic rings. The summed E-state index contributed by atoms with van der Waals surface area (Å²) in [5.41, 5.74) is 1.44. The number of nitrogens with zero attached hydrogens (tertiary/aromatic N) is 3. The van der Waals surface area contributed by atoms with Crippen molar-refractivity contribution in [1.82, 2.24) is 19.9 Å². The first-order valence-corrected chi connectivity index (χ1v) is 7.83. The van der Waals surface area contributed by atoms with E-state index in [1.807, 2.05) is 12.1 Å². The Morgan fingerprint density at radius 3 is 2.62 bits per heavy atom. The van der Waals surface area contributed by atoms with E-state index in [0.29, 0.717) is 18.2 Å². The average Bonchev–Trinajstić information content (AvgIpc) is 3.04. The smallest absolute Gasteiger partial charge is 0.414 e. The van der Waals surface area contributed by atoms with Crippen LogP contribution in [0.5, 0.6) is 6.01 Å². The molecular formula is C15H20N4O7. The van der Waals surface area contributed by atoms with Gasteiger partial charge in [0.1, 0.15) is 12.7 Å². The molecule has 11 heteroatoms. The number of hydrogen-bond donors (Lipinski definition) is 4. The van der Waals surface area contributed by atoms with Crippen molar-refractivity contribution < 1.29 is 34.4 Å². The van der Waals surface area contributed by atoms with Crippen LogP contribution in [-0.4, -0.2) is 92.7 Å². The number of carboxylic acids is 2. The summed E-state index contributed by atoms with van der Waals surface area (Å²) >= 11 is 0. The third-order valence-electron chi connectivity index (χ3n) is 3.40. The van der Waals surface area contributed by atoms with Crippen molar-refractivity contribution in [2.24, 2.45) is 0 Å². The molecular weight excluding hydrogens is 348 g/mol. The third-order valence-corrected chi connectivity index (χ3v) is 3.40. The van der Waals surface area contributed by atoms with E-state index in [2.05, 4.69) is 19.9 Å². The van der Waals surface area contributed by atoms with Crippen LogP contribution in [0, 0.1) is 0 Å². The molecule has 4 N–H and O–H groups in total. The number of carbonyl (C=O) groups is 2. The van der Waals surface area contributed by atoms with Gasteiger partial charge in [-0.1, -0.05) is 0 Å². The molecule has 0 bridgehead atoms. The summed E-state index contributed by atoms with van der Waals surface area (Å²) in [4.78, 5) is 31.7. The van der Waals surface area contributed by atoms with Crippen molar-refractivity contribution in [3.8, 4) is 6.01 Å². The lowest BCUT2D eigenvalue weighted by Gasteiger charge is -2.28. The first-order valence-electron chi connectivity index (χ1n) is 7.83. The van der Waals surface area contributed by atoms with Crippen molar-refractivity contribution in [3.05, 3.63) is 18.3 Å². The quantitative estimate of drug-likeness (QED) is 0.492. The lowest BCUT2D eigenvalue weighted by molar-refractivity contribution is -0.159. The minimum atomic E-state index is -1.82. The highest BCUT2D eigenvalue weighted by atomic mass is 16.5. The van der Waals surface area contributed by atoms with Gasteiger partial charge in [-0.15, -0.1) is 0 Å². The number of H-pyrrole nitrogens is 1. The summed E-state index contributed by atoms with van der Waals surface area (Å²) in [5.74, 6) is -3.65. The van der Waals surface area contributed by atoms with Crippen LogP contribution in [0.15, 0.2) is 18.3 Å². The van der Waals surface area contributed by atoms with E-state index in [-0.39, 0.29) is 6.61 Å². The molecule has 3 heterocycles. The Labute approximate surface area is 148 Å². The van der Waals surface area contributed by atoms with Crippen molar-refractivity contribution >= 4 is 23.1 Å². The van der Waals surface area contributed by atoms with Gasteiger partial charge in [0.25, 0.3) is 6.01 Å². The van der Waals surface area contributed by atoms with Gasteiger partial charge < -0.3 is 29.8 Å². The second-order valence-electron chi connectivity index (χ2n) is 5.40. The highest BCUT2D eigenvalue weighted by Crippen LogP contribution is 2.12. The molecule has 1 unspecified atom stereocenters. The fourth-order valence-corrected chi connectivity index (χ4v) is 2.20. The van der Waals surface area contributed by atoms with Gasteiger partial charge in [0, 0.05) is 25.8 Å². The van der Waals surface area contributed by atoms with Crippen LogP contribution in [0.4, 0.5) is 0 Å². The predicted molar refractivity (Wildman–Crippen MR) is 87.9 cm³/mol. The molecule has 0 aromatic carbocycles. The van der Waals surface area contributed by atoms with Gasteiger partial charge >= 0.3 is 11.9 Å². The minimum Gasteiger partial charge on any atom is -0.473 e. The van der Waals surface area contributed by atoms with Crippen LogP contribution in [0.2, 0.25) is 0 Å². The number of pyridine rings is 1. The normalized spacial score (nSPS) is 15.7. The molecule has 0 saturated carbocycles. The van der Waals surface area contributed by atoms with E-state index >= 15 is 0 Å². The lowest BCUT2D eigenvalue weighted by atomic mass is 10.3. The van der Waals surface area contributed by atoms with Gasteiger partial charge in [0.05, 0.1) is 18.7 Å². The molecule has 0 aliphatic carbocycles. The standard InChI is InChI=1S/C13H18N4O3.C2H2O4/c18-10(8-17-4-6-19-7-5-17)9-20-13-15-11-2-1-3-14-12(11)16-13;3-1(4)2(5)6/h1-3,10,18H,4-9H2,(H,14,15,16);(H,3,4)(H,5,6). The van der Waals surface area contributed by atoms with Gasteiger partial charge in [0.15, 0.2) is 5.65 Å². The second-order valence-corrected chi connectivity index (χ2v) is 5.40. The molecule has 0 amide bonds. The average molecular weight is 368 g/mol. The minimum absolute atomic E-state index is 0.206. The number of fused-ring (bicyclic) bond motifs is 1. The number of β-amino-alcohol motifs (C(OH)–C–C–N with tert-alkyl or cyclic N) is 1. The van der Waals surface area contributed by atoms with E-state index in [9.17, 15) is 5.11 Å². The maximum Gasteiger partial charge on any atom is 0.414 e. The number of hydrogen-bond acceptors (Lipinski definition) is 8. The first-order chi connectivity index (χ1) is 12.5. The summed E-state index contributed by atoms with van der Waals surface area (Å²) in [6.45, 7) is 3.95. The highest BCUT2D eigenvalue weighted by molar-refractivity contribution is 6.27. The monoisotopic (exact) mass is 368 g/mol. The Balaban J connectivity index is 0.000000352. The summed E-state index contributed by atoms with van der Waals surface area (Å²) in [6, 6.07) is 4.10. The van der Waals surface area contributed by atoms with Gasteiger partial charge in [0.2, 0.25) is 0 Å². The predicted octanol–water partition coefficient (Wildman–Crippen LogP) is -0.815. The summed E-state index contributed by atoms with van der Waals surface area (Å²) in [6.07, 6.45) is 1.13. The number of ether oxygens (including phenoxy) is 2. The Hall–Kier alpha value is -2.76. The molecule has 11 nitrogen and oxygen atoms in total. The first kappa shape index (κ1) is 19.6. The van der Waals surface area contributed by atoms with E-state index in [1.165, 1.54) is 0 Å². The molecule has 1 aliphatic heterocycles. The van der Waals surface area contributed by atoms with Crippen molar-refractivity contribution in [3.63, 3.8) is 0 Å². The van der Waals surface area contributed by atoms with Crippen molar-refractivity contribution in [2.45, 2.75) is 6.10 Å². The number of aliphatic carboxylic acids is 2. The number of aromatic nitrogens is 3. The van der Waals surface area contributed by atoms with Crippen molar-refractivity contribution in [1.29, 1.82) is 0 Å². The summed E-state index contributed by atoms with van der Waals surface area (Å²) in [7, 11) is 0. The highest BCUT2D eigenvalue weighted by Gasteiger charge is 2.16.